The van der Waals surface area contributed by atoms with Crippen LogP contribution in [0.3, 0.4) is 0 Å². The van der Waals surface area contributed by atoms with E-state index in [9.17, 15) is 4.79 Å². The summed E-state index contributed by atoms with van der Waals surface area (Å²) in [4.78, 5) is 15.8. The van der Waals surface area contributed by atoms with Crippen LogP contribution in [-0.4, -0.2) is 15.6 Å². The number of carbonyl (C=O) groups is 1. The Morgan fingerprint density at radius 1 is 1.38 bits per heavy atom. The number of ether oxygens (including phenoxy) is 1. The SMILES string of the molecule is CCc1nccn1C(=O)Oc1ccccc1. The Bertz CT molecular complexity index is 477. The lowest BCUT2D eigenvalue weighted by molar-refractivity contribution is 0.201. The first kappa shape index (κ1) is 10.4. The minimum Gasteiger partial charge on any atom is -0.410 e. The van der Waals surface area contributed by atoms with Crippen molar-refractivity contribution in [1.29, 1.82) is 0 Å². The number of carbonyl (C=O) groups excluding carboxylic acids is 1. The number of aryl methyl sites for hydroxylation is 1. The molecule has 0 N–H and O–H groups in total. The summed E-state index contributed by atoms with van der Waals surface area (Å²) in [6.07, 6.45) is 3.45. The summed E-state index contributed by atoms with van der Waals surface area (Å²) in [5.74, 6) is 1.23. The number of imidazole rings is 1. The van der Waals surface area contributed by atoms with Gasteiger partial charge < -0.3 is 4.74 Å². The van der Waals surface area contributed by atoms with Crippen molar-refractivity contribution >= 4 is 6.09 Å². The lowest BCUT2D eigenvalue weighted by Crippen LogP contribution is -2.18. The minimum absolute atomic E-state index is 0.430. The van der Waals surface area contributed by atoms with E-state index in [1.54, 1.807) is 24.5 Å². The molecule has 82 valence electrons. The molecule has 0 atom stereocenters. The summed E-state index contributed by atoms with van der Waals surface area (Å²) in [5.41, 5.74) is 0. The topological polar surface area (TPSA) is 44.1 Å². The summed E-state index contributed by atoms with van der Waals surface area (Å²) >= 11 is 0. The molecule has 2 rings (SSSR count). The van der Waals surface area contributed by atoms with Crippen LogP contribution in [0.15, 0.2) is 42.7 Å². The van der Waals surface area contributed by atoms with Gasteiger partial charge in [-0.15, -0.1) is 0 Å². The summed E-state index contributed by atoms with van der Waals surface area (Å²) < 4.78 is 6.60. The molecule has 1 aromatic carbocycles. The second-order valence-corrected chi connectivity index (χ2v) is 3.25. The van der Waals surface area contributed by atoms with Crippen molar-refractivity contribution in [3.05, 3.63) is 48.5 Å². The van der Waals surface area contributed by atoms with Crippen LogP contribution in [-0.2, 0) is 6.42 Å². The molecule has 0 radical (unpaired) electrons. The predicted molar refractivity (Wildman–Crippen MR) is 59.5 cm³/mol. The molecular formula is C12H12N2O2. The smallest absolute Gasteiger partial charge is 0.410 e. The molecule has 0 fully saturated rings. The molecule has 0 saturated carbocycles. The highest BCUT2D eigenvalue weighted by Gasteiger charge is 2.10. The molecular weight excluding hydrogens is 204 g/mol. The van der Waals surface area contributed by atoms with Crippen molar-refractivity contribution in [3.8, 4) is 5.75 Å². The van der Waals surface area contributed by atoms with E-state index in [1.165, 1.54) is 4.57 Å². The van der Waals surface area contributed by atoms with Gasteiger partial charge in [0.05, 0.1) is 0 Å². The van der Waals surface area contributed by atoms with Crippen LogP contribution >= 0.6 is 0 Å². The van der Waals surface area contributed by atoms with Gasteiger partial charge in [-0.3, -0.25) is 0 Å². The Kier molecular flexibility index (Phi) is 3.00. The maximum atomic E-state index is 11.8. The van der Waals surface area contributed by atoms with Crippen LogP contribution < -0.4 is 4.74 Å². The average Bonchev–Trinajstić information content (AvgIpc) is 2.78. The monoisotopic (exact) mass is 216 g/mol. The lowest BCUT2D eigenvalue weighted by atomic mass is 10.3. The van der Waals surface area contributed by atoms with Gasteiger partial charge in [0.1, 0.15) is 11.6 Å². The Balaban J connectivity index is 2.15. The molecule has 2 aromatic rings. The van der Waals surface area contributed by atoms with Gasteiger partial charge in [-0.05, 0) is 12.1 Å². The standard InChI is InChI=1S/C12H12N2O2/c1-2-11-13-8-9-14(11)12(15)16-10-6-4-3-5-7-10/h3-9H,2H2,1H3. The molecule has 1 aromatic heterocycles. The number of para-hydroxylation sites is 1. The van der Waals surface area contributed by atoms with Gasteiger partial charge in [0.15, 0.2) is 0 Å². The van der Waals surface area contributed by atoms with E-state index in [1.807, 2.05) is 25.1 Å². The number of nitrogens with zero attached hydrogens (tertiary/aromatic N) is 2. The summed E-state index contributed by atoms with van der Waals surface area (Å²) in [6, 6.07) is 8.97. The van der Waals surface area contributed by atoms with E-state index >= 15 is 0 Å². The van der Waals surface area contributed by atoms with Crippen molar-refractivity contribution in [2.75, 3.05) is 0 Å². The molecule has 1 heterocycles. The van der Waals surface area contributed by atoms with Gasteiger partial charge >= 0.3 is 6.09 Å². The first-order valence-electron chi connectivity index (χ1n) is 5.10. The highest BCUT2D eigenvalue weighted by molar-refractivity contribution is 5.73. The Hall–Kier alpha value is -2.10. The van der Waals surface area contributed by atoms with Gasteiger partial charge in [-0.2, -0.15) is 0 Å². The molecule has 0 saturated heterocycles. The lowest BCUT2D eigenvalue weighted by Gasteiger charge is -2.05. The fraction of sp³-hybridized carbons (Fsp3) is 0.167. The van der Waals surface area contributed by atoms with Crippen LogP contribution in [0, 0.1) is 0 Å². The van der Waals surface area contributed by atoms with E-state index in [-0.39, 0.29) is 0 Å². The van der Waals surface area contributed by atoms with E-state index in [0.29, 0.717) is 18.0 Å². The highest BCUT2D eigenvalue weighted by atomic mass is 16.6. The fourth-order valence-electron chi connectivity index (χ4n) is 1.40. The molecule has 0 aliphatic rings. The van der Waals surface area contributed by atoms with Crippen molar-refractivity contribution in [3.63, 3.8) is 0 Å². The Morgan fingerprint density at radius 3 is 2.81 bits per heavy atom. The van der Waals surface area contributed by atoms with Crippen molar-refractivity contribution < 1.29 is 9.53 Å². The Labute approximate surface area is 93.5 Å². The molecule has 0 aliphatic heterocycles. The maximum absolute atomic E-state index is 11.8. The van der Waals surface area contributed by atoms with Crippen LogP contribution in [0.5, 0.6) is 5.75 Å². The van der Waals surface area contributed by atoms with Crippen LogP contribution in [0.2, 0.25) is 0 Å². The molecule has 16 heavy (non-hydrogen) atoms. The zero-order valence-corrected chi connectivity index (χ0v) is 8.96. The molecule has 4 heteroatoms. The second-order valence-electron chi connectivity index (χ2n) is 3.25. The summed E-state index contributed by atoms with van der Waals surface area (Å²) in [7, 11) is 0. The molecule has 4 nitrogen and oxygen atoms in total. The van der Waals surface area contributed by atoms with Gasteiger partial charge in [-0.1, -0.05) is 25.1 Å². The second kappa shape index (κ2) is 4.61. The summed E-state index contributed by atoms with van der Waals surface area (Å²) in [5, 5.41) is 0. The van der Waals surface area contributed by atoms with E-state index < -0.39 is 6.09 Å². The highest BCUT2D eigenvalue weighted by Crippen LogP contribution is 2.10. The van der Waals surface area contributed by atoms with Gasteiger partial charge in [0.25, 0.3) is 0 Å². The van der Waals surface area contributed by atoms with E-state index in [2.05, 4.69) is 4.98 Å². The molecule has 0 amide bonds. The zero-order valence-electron chi connectivity index (χ0n) is 8.96. The number of hydrogen-bond donors (Lipinski definition) is 0. The number of aromatic nitrogens is 2. The minimum atomic E-state index is -0.430. The fourth-order valence-corrected chi connectivity index (χ4v) is 1.40. The third-order valence-electron chi connectivity index (χ3n) is 2.18. The first-order valence-corrected chi connectivity index (χ1v) is 5.10. The third-order valence-corrected chi connectivity index (χ3v) is 2.18. The molecule has 0 spiro atoms. The van der Waals surface area contributed by atoms with Gasteiger partial charge in [0, 0.05) is 18.8 Å². The first-order chi connectivity index (χ1) is 7.81. The number of rotatable bonds is 2. The summed E-state index contributed by atoms with van der Waals surface area (Å²) in [6.45, 7) is 1.94. The van der Waals surface area contributed by atoms with E-state index in [4.69, 9.17) is 4.74 Å². The average molecular weight is 216 g/mol. The predicted octanol–water partition coefficient (Wildman–Crippen LogP) is 2.49. The van der Waals surface area contributed by atoms with Crippen molar-refractivity contribution in [2.45, 2.75) is 13.3 Å². The van der Waals surface area contributed by atoms with Crippen LogP contribution in [0.25, 0.3) is 0 Å². The maximum Gasteiger partial charge on any atom is 0.424 e. The normalized spacial score (nSPS) is 10.1. The third kappa shape index (κ3) is 2.11. The largest absolute Gasteiger partial charge is 0.424 e. The molecule has 0 bridgehead atoms. The quantitative estimate of drug-likeness (QED) is 0.774. The molecule has 0 unspecified atom stereocenters. The van der Waals surface area contributed by atoms with Gasteiger partial charge in [0.2, 0.25) is 0 Å². The Morgan fingerprint density at radius 2 is 2.12 bits per heavy atom. The van der Waals surface area contributed by atoms with Crippen LogP contribution in [0.4, 0.5) is 4.79 Å². The van der Waals surface area contributed by atoms with Crippen molar-refractivity contribution in [1.82, 2.24) is 9.55 Å². The van der Waals surface area contributed by atoms with Crippen molar-refractivity contribution in [2.24, 2.45) is 0 Å². The number of benzene rings is 1. The van der Waals surface area contributed by atoms with E-state index in [0.717, 1.165) is 0 Å². The number of hydrogen-bond acceptors (Lipinski definition) is 3. The zero-order chi connectivity index (χ0) is 11.4. The van der Waals surface area contributed by atoms with Crippen LogP contribution in [0.1, 0.15) is 12.7 Å². The molecule has 0 aliphatic carbocycles. The van der Waals surface area contributed by atoms with Gasteiger partial charge in [-0.25, -0.2) is 14.3 Å².